The Labute approximate surface area is 65.2 Å². The number of nitrogens with zero attached hydrogens (tertiary/aromatic N) is 3. The van der Waals surface area contributed by atoms with E-state index in [0.717, 1.165) is 31.2 Å². The number of hydrogen-bond acceptors (Lipinski definition) is 3. The summed E-state index contributed by atoms with van der Waals surface area (Å²) in [6.45, 7) is 4.42. The quantitative estimate of drug-likeness (QED) is 0.545. The zero-order chi connectivity index (χ0) is 7.68. The van der Waals surface area contributed by atoms with Crippen LogP contribution in [0.5, 0.6) is 0 Å². The van der Waals surface area contributed by atoms with Crippen LogP contribution in [0.3, 0.4) is 0 Å². The van der Waals surface area contributed by atoms with E-state index in [0.29, 0.717) is 6.61 Å². The molecule has 2 heterocycles. The third-order valence-corrected chi connectivity index (χ3v) is 1.91. The van der Waals surface area contributed by atoms with E-state index in [1.807, 2.05) is 6.92 Å². The first-order chi connectivity index (χ1) is 5.38. The average Bonchev–Trinajstić information content (AvgIpc) is 2.25. The van der Waals surface area contributed by atoms with Gasteiger partial charge in [0.25, 0.3) is 0 Å². The third-order valence-electron chi connectivity index (χ3n) is 1.91. The molecule has 1 aliphatic heterocycles. The first-order valence-electron chi connectivity index (χ1n) is 3.84. The highest BCUT2D eigenvalue weighted by atomic mass is 16.5. The van der Waals surface area contributed by atoms with Gasteiger partial charge in [0.2, 0.25) is 0 Å². The fraction of sp³-hybridized carbons (Fsp3) is 0.714. The van der Waals surface area contributed by atoms with Crippen LogP contribution in [0.4, 0.5) is 0 Å². The fourth-order valence-corrected chi connectivity index (χ4v) is 1.31. The van der Waals surface area contributed by atoms with Crippen molar-refractivity contribution in [1.29, 1.82) is 0 Å². The summed E-state index contributed by atoms with van der Waals surface area (Å²) < 4.78 is 7.43. The second kappa shape index (κ2) is 2.62. The van der Waals surface area contributed by atoms with Crippen molar-refractivity contribution in [2.75, 3.05) is 6.61 Å². The van der Waals surface area contributed by atoms with Crippen molar-refractivity contribution in [2.24, 2.45) is 0 Å². The smallest absolute Gasteiger partial charge is 0.159 e. The molecule has 0 bridgehead atoms. The molecule has 0 N–H and O–H groups in total. The van der Waals surface area contributed by atoms with Crippen LogP contribution in [0.15, 0.2) is 0 Å². The van der Waals surface area contributed by atoms with Gasteiger partial charge in [0, 0.05) is 13.2 Å². The molecular formula is C7H11N3O. The van der Waals surface area contributed by atoms with Gasteiger partial charge in [-0.2, -0.15) is 0 Å². The lowest BCUT2D eigenvalue weighted by Gasteiger charge is -2.00. The first-order valence-corrected chi connectivity index (χ1v) is 3.84. The molecule has 1 aromatic heterocycles. The Kier molecular flexibility index (Phi) is 1.62. The summed E-state index contributed by atoms with van der Waals surface area (Å²) in [6.07, 6.45) is 1.06. The van der Waals surface area contributed by atoms with E-state index in [-0.39, 0.29) is 0 Å². The maximum Gasteiger partial charge on any atom is 0.159 e. The van der Waals surface area contributed by atoms with Crippen molar-refractivity contribution in [3.8, 4) is 0 Å². The topological polar surface area (TPSA) is 39.9 Å². The summed E-state index contributed by atoms with van der Waals surface area (Å²) in [5.41, 5.74) is 0. The molecule has 0 saturated carbocycles. The zero-order valence-electron chi connectivity index (χ0n) is 6.58. The molecule has 1 aromatic rings. The van der Waals surface area contributed by atoms with Gasteiger partial charge in [-0.05, 0) is 13.3 Å². The van der Waals surface area contributed by atoms with Crippen LogP contribution in [0.25, 0.3) is 0 Å². The second-order valence-corrected chi connectivity index (χ2v) is 2.72. The molecule has 60 valence electrons. The number of fused-ring (bicyclic) bond motifs is 1. The van der Waals surface area contributed by atoms with Crippen molar-refractivity contribution in [3.63, 3.8) is 0 Å². The van der Waals surface area contributed by atoms with Crippen LogP contribution >= 0.6 is 0 Å². The lowest BCUT2D eigenvalue weighted by atomic mass is 10.4. The molecule has 0 aliphatic carbocycles. The van der Waals surface area contributed by atoms with Crippen LogP contribution in [0, 0.1) is 6.92 Å². The normalized spacial score (nSPS) is 17.5. The van der Waals surface area contributed by atoms with Crippen LogP contribution in [-0.4, -0.2) is 21.4 Å². The van der Waals surface area contributed by atoms with Crippen molar-refractivity contribution in [3.05, 3.63) is 11.6 Å². The molecule has 0 amide bonds. The Morgan fingerprint density at radius 3 is 3.27 bits per heavy atom. The van der Waals surface area contributed by atoms with E-state index < -0.39 is 0 Å². The third kappa shape index (κ3) is 1.14. The number of aryl methyl sites for hydroxylation is 1. The lowest BCUT2D eigenvalue weighted by molar-refractivity contribution is 0.122. The zero-order valence-corrected chi connectivity index (χ0v) is 6.58. The summed E-state index contributed by atoms with van der Waals surface area (Å²) in [5, 5.41) is 7.98. The second-order valence-electron chi connectivity index (χ2n) is 2.72. The van der Waals surface area contributed by atoms with E-state index in [4.69, 9.17) is 4.74 Å². The molecule has 0 aromatic carbocycles. The number of rotatable bonds is 0. The van der Waals surface area contributed by atoms with Gasteiger partial charge in [0.15, 0.2) is 5.82 Å². The summed E-state index contributed by atoms with van der Waals surface area (Å²) in [4.78, 5) is 0. The van der Waals surface area contributed by atoms with E-state index >= 15 is 0 Å². The van der Waals surface area contributed by atoms with Gasteiger partial charge in [-0.1, -0.05) is 0 Å². The largest absolute Gasteiger partial charge is 0.373 e. The molecule has 4 heteroatoms. The lowest BCUT2D eigenvalue weighted by Crippen LogP contribution is -2.02. The Morgan fingerprint density at radius 1 is 1.45 bits per heavy atom. The Morgan fingerprint density at radius 2 is 2.36 bits per heavy atom. The molecule has 0 radical (unpaired) electrons. The van der Waals surface area contributed by atoms with Gasteiger partial charge in [0.1, 0.15) is 12.4 Å². The maximum absolute atomic E-state index is 5.31. The van der Waals surface area contributed by atoms with Crippen LogP contribution in [0.2, 0.25) is 0 Å². The molecular weight excluding hydrogens is 142 g/mol. The van der Waals surface area contributed by atoms with Gasteiger partial charge in [-0.25, -0.2) is 0 Å². The summed E-state index contributed by atoms with van der Waals surface area (Å²) in [6, 6.07) is 0. The summed E-state index contributed by atoms with van der Waals surface area (Å²) >= 11 is 0. The summed E-state index contributed by atoms with van der Waals surface area (Å²) in [7, 11) is 0. The molecule has 0 unspecified atom stereocenters. The minimum atomic E-state index is 0.612. The Bertz CT molecular complexity index is 256. The van der Waals surface area contributed by atoms with Crippen molar-refractivity contribution < 1.29 is 4.74 Å². The Balaban J connectivity index is 2.35. The fourth-order valence-electron chi connectivity index (χ4n) is 1.31. The van der Waals surface area contributed by atoms with Crippen molar-refractivity contribution in [2.45, 2.75) is 26.5 Å². The predicted molar refractivity (Wildman–Crippen MR) is 39.0 cm³/mol. The standard InChI is InChI=1S/C7H11N3O/c1-6-8-9-7-5-11-4-2-3-10(6)7/h2-5H2,1H3. The molecule has 11 heavy (non-hydrogen) atoms. The monoisotopic (exact) mass is 153 g/mol. The highest BCUT2D eigenvalue weighted by Crippen LogP contribution is 2.08. The molecule has 1 aliphatic rings. The van der Waals surface area contributed by atoms with Crippen LogP contribution in [-0.2, 0) is 17.9 Å². The number of aromatic nitrogens is 3. The number of hydrogen-bond donors (Lipinski definition) is 0. The van der Waals surface area contributed by atoms with E-state index in [1.54, 1.807) is 0 Å². The van der Waals surface area contributed by atoms with E-state index in [1.165, 1.54) is 0 Å². The first kappa shape index (κ1) is 6.79. The maximum atomic E-state index is 5.31. The highest BCUT2D eigenvalue weighted by molar-refractivity contribution is 4.93. The number of ether oxygens (including phenoxy) is 1. The van der Waals surface area contributed by atoms with Gasteiger partial charge in [-0.3, -0.25) is 0 Å². The molecule has 0 fully saturated rings. The highest BCUT2D eigenvalue weighted by Gasteiger charge is 2.10. The minimum absolute atomic E-state index is 0.612. The van der Waals surface area contributed by atoms with E-state index in [9.17, 15) is 0 Å². The van der Waals surface area contributed by atoms with Gasteiger partial charge in [-0.15, -0.1) is 10.2 Å². The van der Waals surface area contributed by atoms with Gasteiger partial charge in [0.05, 0.1) is 0 Å². The molecule has 2 rings (SSSR count). The van der Waals surface area contributed by atoms with Crippen molar-refractivity contribution >= 4 is 0 Å². The Hall–Kier alpha value is -0.900. The van der Waals surface area contributed by atoms with Crippen molar-refractivity contribution in [1.82, 2.24) is 14.8 Å². The van der Waals surface area contributed by atoms with Crippen LogP contribution < -0.4 is 0 Å². The summed E-state index contributed by atoms with van der Waals surface area (Å²) in [5.74, 6) is 1.95. The SMILES string of the molecule is Cc1nnc2n1CCCOC2. The van der Waals surface area contributed by atoms with Crippen LogP contribution in [0.1, 0.15) is 18.1 Å². The molecule has 0 saturated heterocycles. The molecule has 0 atom stereocenters. The molecule has 0 spiro atoms. The van der Waals surface area contributed by atoms with Gasteiger partial charge >= 0.3 is 0 Å². The average molecular weight is 153 g/mol. The van der Waals surface area contributed by atoms with E-state index in [2.05, 4.69) is 14.8 Å². The predicted octanol–water partition coefficient (Wildman–Crippen LogP) is 0.507. The minimum Gasteiger partial charge on any atom is -0.373 e. The van der Waals surface area contributed by atoms with Gasteiger partial charge < -0.3 is 9.30 Å². The molecule has 4 nitrogen and oxygen atoms in total.